The number of fused-ring (bicyclic) bond motifs is 1. The molecule has 0 saturated heterocycles. The largest absolute Gasteiger partial charge is 0.475 e. The van der Waals surface area contributed by atoms with Crippen LogP contribution in [-0.4, -0.2) is 20.8 Å². The van der Waals surface area contributed by atoms with Crippen molar-refractivity contribution in [2.24, 2.45) is 7.05 Å². The summed E-state index contributed by atoms with van der Waals surface area (Å²) in [6, 6.07) is 9.38. The third-order valence-corrected chi connectivity index (χ3v) is 3.38. The second-order valence-corrected chi connectivity index (χ2v) is 4.42. The normalized spacial score (nSPS) is 11.1. The van der Waals surface area contributed by atoms with E-state index in [1.54, 1.807) is 0 Å². The van der Waals surface area contributed by atoms with Gasteiger partial charge in [0.05, 0.1) is 0 Å². The summed E-state index contributed by atoms with van der Waals surface area (Å²) in [7, 11) is 1.97. The van der Waals surface area contributed by atoms with E-state index in [2.05, 4.69) is 9.72 Å². The van der Waals surface area contributed by atoms with Gasteiger partial charge in [0.25, 0.3) is 0 Å². The predicted octanol–water partition coefficient (Wildman–Crippen LogP) is 2.84. The van der Waals surface area contributed by atoms with E-state index in [1.807, 2.05) is 38.2 Å². The zero-order valence-electron chi connectivity index (χ0n) is 10.5. The Morgan fingerprint density at radius 3 is 2.79 bits per heavy atom. The van der Waals surface area contributed by atoms with Gasteiger partial charge in [-0.15, -0.1) is 0 Å². The lowest BCUT2D eigenvalue weighted by Crippen LogP contribution is -1.92. The molecule has 0 saturated carbocycles. The molecule has 0 spiro atoms. The maximum absolute atomic E-state index is 10.9. The molecule has 2 aromatic heterocycles. The van der Waals surface area contributed by atoms with Crippen LogP contribution in [0.1, 0.15) is 16.2 Å². The highest BCUT2D eigenvalue weighted by Gasteiger charge is 2.18. The number of aromatic nitrogens is 2. The standard InChI is InChI=1S/C14H12N2O3/c1-8-13(10-7-12(14(17)18)19-15-10)9-5-3-4-6-11(9)16(8)2/h3-7H,1-2H3,(H,17,18). The van der Waals surface area contributed by atoms with E-state index < -0.39 is 5.97 Å². The van der Waals surface area contributed by atoms with Crippen LogP contribution >= 0.6 is 0 Å². The average molecular weight is 256 g/mol. The van der Waals surface area contributed by atoms with Gasteiger partial charge in [-0.1, -0.05) is 23.4 Å². The summed E-state index contributed by atoms with van der Waals surface area (Å²) < 4.78 is 6.89. The molecule has 0 aliphatic carbocycles. The molecule has 1 aromatic carbocycles. The van der Waals surface area contributed by atoms with Crippen molar-refractivity contribution < 1.29 is 14.4 Å². The van der Waals surface area contributed by atoms with Crippen LogP contribution in [0.2, 0.25) is 0 Å². The fourth-order valence-corrected chi connectivity index (χ4v) is 2.34. The molecule has 0 radical (unpaired) electrons. The van der Waals surface area contributed by atoms with Gasteiger partial charge in [-0.25, -0.2) is 4.79 Å². The van der Waals surface area contributed by atoms with Crippen LogP contribution in [0.5, 0.6) is 0 Å². The van der Waals surface area contributed by atoms with Gasteiger partial charge in [-0.2, -0.15) is 0 Å². The molecule has 0 fully saturated rings. The van der Waals surface area contributed by atoms with E-state index in [9.17, 15) is 4.79 Å². The van der Waals surface area contributed by atoms with Gasteiger partial charge in [0, 0.05) is 35.3 Å². The fraction of sp³-hybridized carbons (Fsp3) is 0.143. The number of hydrogen-bond donors (Lipinski definition) is 1. The van der Waals surface area contributed by atoms with Crippen LogP contribution in [0.25, 0.3) is 22.2 Å². The Labute approximate surface area is 109 Å². The van der Waals surface area contributed by atoms with Crippen molar-refractivity contribution in [3.05, 3.63) is 41.8 Å². The summed E-state index contributed by atoms with van der Waals surface area (Å²) in [5.41, 5.74) is 3.56. The van der Waals surface area contributed by atoms with Crippen molar-refractivity contribution >= 4 is 16.9 Å². The van der Waals surface area contributed by atoms with Crippen LogP contribution in [0, 0.1) is 6.92 Å². The highest BCUT2D eigenvalue weighted by atomic mass is 16.5. The smallest absolute Gasteiger partial charge is 0.374 e. The highest BCUT2D eigenvalue weighted by molar-refractivity contribution is 5.98. The second-order valence-electron chi connectivity index (χ2n) is 4.42. The van der Waals surface area contributed by atoms with E-state index >= 15 is 0 Å². The first kappa shape index (κ1) is 11.5. The quantitative estimate of drug-likeness (QED) is 0.765. The van der Waals surface area contributed by atoms with Crippen molar-refractivity contribution in [2.45, 2.75) is 6.92 Å². The van der Waals surface area contributed by atoms with Gasteiger partial charge in [0.1, 0.15) is 5.69 Å². The second kappa shape index (κ2) is 3.98. The molecule has 0 unspecified atom stereocenters. The zero-order valence-corrected chi connectivity index (χ0v) is 10.5. The third kappa shape index (κ3) is 1.62. The minimum Gasteiger partial charge on any atom is -0.475 e. The lowest BCUT2D eigenvalue weighted by Gasteiger charge is -1.98. The molecule has 0 aliphatic heterocycles. The summed E-state index contributed by atoms with van der Waals surface area (Å²) >= 11 is 0. The maximum atomic E-state index is 10.9. The monoisotopic (exact) mass is 256 g/mol. The molecule has 0 atom stereocenters. The van der Waals surface area contributed by atoms with Crippen LogP contribution in [0.15, 0.2) is 34.9 Å². The summed E-state index contributed by atoms with van der Waals surface area (Å²) in [4.78, 5) is 10.9. The topological polar surface area (TPSA) is 68.3 Å². The van der Waals surface area contributed by atoms with E-state index in [0.717, 1.165) is 22.2 Å². The lowest BCUT2D eigenvalue weighted by atomic mass is 10.1. The molecule has 5 nitrogen and oxygen atoms in total. The molecule has 0 amide bonds. The predicted molar refractivity (Wildman–Crippen MR) is 70.1 cm³/mol. The molecule has 0 bridgehead atoms. The van der Waals surface area contributed by atoms with Gasteiger partial charge < -0.3 is 14.2 Å². The van der Waals surface area contributed by atoms with E-state index in [0.29, 0.717) is 5.69 Å². The lowest BCUT2D eigenvalue weighted by molar-refractivity contribution is 0.0652. The number of aromatic carboxylic acids is 1. The van der Waals surface area contributed by atoms with Crippen LogP contribution in [0.4, 0.5) is 0 Å². The fourth-order valence-electron chi connectivity index (χ4n) is 2.34. The van der Waals surface area contributed by atoms with Crippen molar-refractivity contribution in [1.29, 1.82) is 0 Å². The zero-order chi connectivity index (χ0) is 13.6. The molecule has 19 heavy (non-hydrogen) atoms. The number of rotatable bonds is 2. The highest BCUT2D eigenvalue weighted by Crippen LogP contribution is 2.33. The maximum Gasteiger partial charge on any atom is 0.374 e. The Hall–Kier alpha value is -2.56. The third-order valence-electron chi connectivity index (χ3n) is 3.38. The number of benzene rings is 1. The van der Waals surface area contributed by atoms with E-state index in [-0.39, 0.29) is 5.76 Å². The number of aryl methyl sites for hydroxylation is 1. The Morgan fingerprint density at radius 2 is 2.11 bits per heavy atom. The molecule has 1 N–H and O–H groups in total. The van der Waals surface area contributed by atoms with Crippen LogP contribution in [-0.2, 0) is 7.05 Å². The minimum absolute atomic E-state index is 0.151. The first-order valence-electron chi connectivity index (χ1n) is 5.84. The molecule has 5 heteroatoms. The molecule has 0 aliphatic rings. The SMILES string of the molecule is Cc1c(-c2cc(C(=O)O)on2)c2ccccc2n1C. The number of carbonyl (C=O) groups is 1. The molecule has 3 rings (SSSR count). The number of para-hydroxylation sites is 1. The Balaban J connectivity index is 2.29. The molecule has 96 valence electrons. The number of carboxylic acid groups (broad SMARTS) is 1. The summed E-state index contributed by atoms with van der Waals surface area (Å²) in [6.45, 7) is 1.98. The Bertz CT molecular complexity index is 783. The van der Waals surface area contributed by atoms with E-state index in [1.165, 1.54) is 6.07 Å². The van der Waals surface area contributed by atoms with Gasteiger partial charge in [0.15, 0.2) is 0 Å². The van der Waals surface area contributed by atoms with Crippen molar-refractivity contribution in [3.63, 3.8) is 0 Å². The average Bonchev–Trinajstić information content (AvgIpc) is 2.96. The Kier molecular flexibility index (Phi) is 2.41. The van der Waals surface area contributed by atoms with Crippen molar-refractivity contribution in [2.75, 3.05) is 0 Å². The molecule has 3 aromatic rings. The Morgan fingerprint density at radius 1 is 1.37 bits per heavy atom. The molecular formula is C14H12N2O3. The number of hydrogen-bond acceptors (Lipinski definition) is 3. The van der Waals surface area contributed by atoms with Crippen LogP contribution in [0.3, 0.4) is 0 Å². The van der Waals surface area contributed by atoms with E-state index in [4.69, 9.17) is 9.63 Å². The van der Waals surface area contributed by atoms with Gasteiger partial charge in [-0.3, -0.25) is 0 Å². The minimum atomic E-state index is -1.11. The van der Waals surface area contributed by atoms with Gasteiger partial charge >= 0.3 is 5.97 Å². The first-order valence-corrected chi connectivity index (χ1v) is 5.84. The van der Waals surface area contributed by atoms with Crippen molar-refractivity contribution in [3.8, 4) is 11.3 Å². The number of nitrogens with zero attached hydrogens (tertiary/aromatic N) is 2. The van der Waals surface area contributed by atoms with Crippen LogP contribution < -0.4 is 0 Å². The summed E-state index contributed by atoms with van der Waals surface area (Å²) in [6.07, 6.45) is 0. The molecular weight excluding hydrogens is 244 g/mol. The summed E-state index contributed by atoms with van der Waals surface area (Å²) in [5.74, 6) is -1.26. The summed E-state index contributed by atoms with van der Waals surface area (Å²) in [5, 5.41) is 13.8. The van der Waals surface area contributed by atoms with Crippen molar-refractivity contribution in [1.82, 2.24) is 9.72 Å². The molecule has 2 heterocycles. The van der Waals surface area contributed by atoms with Gasteiger partial charge in [-0.05, 0) is 13.0 Å². The first-order chi connectivity index (χ1) is 9.09. The van der Waals surface area contributed by atoms with Gasteiger partial charge in [0.2, 0.25) is 5.76 Å². The number of carboxylic acids is 1.